The van der Waals surface area contributed by atoms with Crippen LogP contribution < -0.4 is 9.80 Å². The van der Waals surface area contributed by atoms with Gasteiger partial charge in [-0.3, -0.25) is 0 Å². The van der Waals surface area contributed by atoms with Gasteiger partial charge in [0, 0.05) is 43.2 Å². The molecule has 2 nitrogen and oxygen atoms in total. The molecule has 0 amide bonds. The maximum Gasteiger partial charge on any atom is 0.0540 e. The minimum absolute atomic E-state index is 1.12. The third-order valence-electron chi connectivity index (χ3n) is 10.2. The van der Waals surface area contributed by atoms with Gasteiger partial charge in [-0.25, -0.2) is 0 Å². The zero-order chi connectivity index (χ0) is 35.8. The summed E-state index contributed by atoms with van der Waals surface area (Å²) in [7, 11) is 0. The summed E-state index contributed by atoms with van der Waals surface area (Å²) in [5.74, 6) is 0. The zero-order valence-corrected chi connectivity index (χ0v) is 31.0. The molecule has 0 N–H and O–H groups in total. The van der Waals surface area contributed by atoms with Gasteiger partial charge >= 0.3 is 0 Å². The third kappa shape index (κ3) is 6.02. The molecular formula is C50H34N2S2. The molecule has 8 aromatic carbocycles. The second kappa shape index (κ2) is 13.8. The Hall–Kier alpha value is -6.46. The quantitative estimate of drug-likeness (QED) is 0.154. The molecule has 0 bridgehead atoms. The summed E-state index contributed by atoms with van der Waals surface area (Å²) >= 11 is 3.56. The molecule has 2 heterocycles. The predicted octanol–water partition coefficient (Wildman–Crippen LogP) is 15.5. The van der Waals surface area contributed by atoms with E-state index in [0.717, 1.165) is 28.4 Å². The van der Waals surface area contributed by atoms with Crippen molar-refractivity contribution >= 4 is 87.7 Å². The van der Waals surface area contributed by atoms with Crippen LogP contribution in [0, 0.1) is 0 Å². The summed E-state index contributed by atoms with van der Waals surface area (Å²) in [6.07, 6.45) is 0. The van der Waals surface area contributed by atoms with Crippen LogP contribution in [-0.2, 0) is 0 Å². The fourth-order valence-corrected chi connectivity index (χ4v) is 9.13. The number of hydrogen-bond donors (Lipinski definition) is 0. The van der Waals surface area contributed by atoms with Crippen LogP contribution >= 0.6 is 22.7 Å². The molecule has 54 heavy (non-hydrogen) atoms. The maximum absolute atomic E-state index is 2.39. The van der Waals surface area contributed by atoms with Crippen molar-refractivity contribution in [2.24, 2.45) is 0 Å². The van der Waals surface area contributed by atoms with Crippen LogP contribution in [0.4, 0.5) is 34.1 Å². The Morgan fingerprint density at radius 3 is 1.31 bits per heavy atom. The van der Waals surface area contributed by atoms with E-state index in [1.807, 2.05) is 0 Å². The van der Waals surface area contributed by atoms with Gasteiger partial charge in [0.1, 0.15) is 0 Å². The number of thiophene rings is 2. The summed E-state index contributed by atoms with van der Waals surface area (Å²) in [6.45, 7) is 0. The average molecular weight is 727 g/mol. The molecule has 256 valence electrons. The Morgan fingerprint density at radius 1 is 0.296 bits per heavy atom. The van der Waals surface area contributed by atoms with Crippen molar-refractivity contribution in [2.75, 3.05) is 9.80 Å². The molecule has 0 saturated heterocycles. The van der Waals surface area contributed by atoms with Crippen molar-refractivity contribution in [3.63, 3.8) is 0 Å². The topological polar surface area (TPSA) is 6.48 Å². The lowest BCUT2D eigenvalue weighted by Crippen LogP contribution is -2.10. The Balaban J connectivity index is 1.00. The lowest BCUT2D eigenvalue weighted by atomic mass is 10.0. The van der Waals surface area contributed by atoms with Gasteiger partial charge in [-0.15, -0.1) is 22.7 Å². The number of benzene rings is 8. The fourth-order valence-electron chi connectivity index (χ4n) is 7.48. The van der Waals surface area contributed by atoms with Gasteiger partial charge in [-0.2, -0.15) is 0 Å². The van der Waals surface area contributed by atoms with E-state index in [4.69, 9.17) is 0 Å². The van der Waals surface area contributed by atoms with E-state index in [0.29, 0.717) is 0 Å². The first kappa shape index (κ1) is 32.2. The summed E-state index contributed by atoms with van der Waals surface area (Å²) in [6, 6.07) is 70.5. The van der Waals surface area contributed by atoms with E-state index >= 15 is 0 Å². The van der Waals surface area contributed by atoms with Crippen molar-refractivity contribution in [3.8, 4) is 22.3 Å². The van der Waals surface area contributed by atoms with Gasteiger partial charge in [-0.1, -0.05) is 115 Å². The van der Waals surface area contributed by atoms with E-state index in [1.165, 1.54) is 58.9 Å². The van der Waals surface area contributed by atoms with Crippen LogP contribution in [0.1, 0.15) is 0 Å². The molecule has 2 aromatic heterocycles. The standard InChI is InChI=1S/C50H34N2S2/c1-2-7-35(8-3-1)36-13-21-42(22-14-36)51(45-27-19-40-29-31-53-49(40)33-45)43-23-15-37(16-24-43)38-17-25-44(26-18-38)52(46-28-20-41-30-32-54-50(41)34-46)48-12-6-10-39-9-4-5-11-47(39)48/h1-34H. The highest BCUT2D eigenvalue weighted by Crippen LogP contribution is 2.42. The van der Waals surface area contributed by atoms with E-state index in [1.54, 1.807) is 22.7 Å². The predicted molar refractivity (Wildman–Crippen MR) is 235 cm³/mol. The van der Waals surface area contributed by atoms with Crippen LogP contribution in [0.2, 0.25) is 0 Å². The van der Waals surface area contributed by atoms with Gasteiger partial charge in [-0.05, 0) is 128 Å². The van der Waals surface area contributed by atoms with E-state index < -0.39 is 0 Å². The van der Waals surface area contributed by atoms with Gasteiger partial charge in [0.05, 0.1) is 5.69 Å². The zero-order valence-electron chi connectivity index (χ0n) is 29.3. The summed E-state index contributed by atoms with van der Waals surface area (Å²) < 4.78 is 2.56. The van der Waals surface area contributed by atoms with Crippen molar-refractivity contribution in [1.82, 2.24) is 0 Å². The van der Waals surface area contributed by atoms with Gasteiger partial charge < -0.3 is 9.80 Å². The summed E-state index contributed by atoms with van der Waals surface area (Å²) in [5, 5.41) is 9.33. The van der Waals surface area contributed by atoms with Crippen molar-refractivity contribution in [3.05, 3.63) is 205 Å². The lowest BCUT2D eigenvalue weighted by molar-refractivity contribution is 1.29. The van der Waals surface area contributed by atoms with E-state index in [9.17, 15) is 0 Å². The lowest BCUT2D eigenvalue weighted by Gasteiger charge is -2.27. The third-order valence-corrected chi connectivity index (χ3v) is 12.0. The van der Waals surface area contributed by atoms with E-state index in [2.05, 4.69) is 215 Å². The van der Waals surface area contributed by atoms with Crippen LogP contribution in [-0.4, -0.2) is 0 Å². The van der Waals surface area contributed by atoms with Gasteiger partial charge in [0.25, 0.3) is 0 Å². The minimum atomic E-state index is 1.12. The molecule has 10 aromatic rings. The first-order valence-corrected chi connectivity index (χ1v) is 19.9. The molecular weight excluding hydrogens is 693 g/mol. The second-order valence-corrected chi connectivity index (χ2v) is 15.4. The average Bonchev–Trinajstić information content (AvgIpc) is 3.92. The molecule has 4 heteroatoms. The number of fused-ring (bicyclic) bond motifs is 3. The Morgan fingerprint density at radius 2 is 0.741 bits per heavy atom. The highest BCUT2D eigenvalue weighted by atomic mass is 32.1. The van der Waals surface area contributed by atoms with Crippen LogP contribution in [0.3, 0.4) is 0 Å². The Labute approximate surface area is 323 Å². The Kier molecular flexibility index (Phi) is 8.25. The summed E-state index contributed by atoms with van der Waals surface area (Å²) in [4.78, 5) is 4.74. The number of rotatable bonds is 8. The van der Waals surface area contributed by atoms with Gasteiger partial charge in [0.15, 0.2) is 0 Å². The van der Waals surface area contributed by atoms with Crippen LogP contribution in [0.15, 0.2) is 205 Å². The second-order valence-electron chi connectivity index (χ2n) is 13.5. The molecule has 0 unspecified atom stereocenters. The highest BCUT2D eigenvalue weighted by molar-refractivity contribution is 7.17. The molecule has 0 aliphatic carbocycles. The van der Waals surface area contributed by atoms with Crippen molar-refractivity contribution in [1.29, 1.82) is 0 Å². The van der Waals surface area contributed by atoms with Crippen molar-refractivity contribution in [2.45, 2.75) is 0 Å². The first-order chi connectivity index (χ1) is 26.7. The molecule has 0 radical (unpaired) electrons. The number of anilines is 6. The summed E-state index contributed by atoms with van der Waals surface area (Å²) in [5.41, 5.74) is 11.6. The number of nitrogens with zero attached hydrogens (tertiary/aromatic N) is 2. The molecule has 0 saturated carbocycles. The van der Waals surface area contributed by atoms with Crippen molar-refractivity contribution < 1.29 is 0 Å². The molecule has 0 fully saturated rings. The SMILES string of the molecule is c1ccc(-c2ccc(N(c3ccc(-c4ccc(N(c5ccc6ccsc6c5)c5cccc6ccccc56)cc4)cc3)c3ccc4ccsc4c3)cc2)cc1. The largest absolute Gasteiger partial charge is 0.310 e. The maximum atomic E-state index is 2.39. The smallest absolute Gasteiger partial charge is 0.0540 e. The molecule has 0 aliphatic rings. The van der Waals surface area contributed by atoms with Gasteiger partial charge in [0.2, 0.25) is 0 Å². The monoisotopic (exact) mass is 726 g/mol. The first-order valence-electron chi connectivity index (χ1n) is 18.1. The fraction of sp³-hybridized carbons (Fsp3) is 0. The minimum Gasteiger partial charge on any atom is -0.310 e. The number of hydrogen-bond acceptors (Lipinski definition) is 4. The normalized spacial score (nSPS) is 11.3. The molecule has 0 spiro atoms. The highest BCUT2D eigenvalue weighted by Gasteiger charge is 2.17. The Bertz CT molecular complexity index is 2870. The van der Waals surface area contributed by atoms with E-state index in [-0.39, 0.29) is 0 Å². The molecule has 0 aliphatic heterocycles. The van der Waals surface area contributed by atoms with Crippen LogP contribution in [0.25, 0.3) is 53.2 Å². The molecule has 10 rings (SSSR count). The molecule has 0 atom stereocenters. The van der Waals surface area contributed by atoms with Crippen LogP contribution in [0.5, 0.6) is 0 Å².